The summed E-state index contributed by atoms with van der Waals surface area (Å²) in [5.41, 5.74) is 3.82. The van der Waals surface area contributed by atoms with Crippen molar-refractivity contribution in [3.05, 3.63) is 82.5 Å². The van der Waals surface area contributed by atoms with E-state index in [-0.39, 0.29) is 35.6 Å². The molecule has 2 saturated heterocycles. The van der Waals surface area contributed by atoms with E-state index < -0.39 is 23.7 Å². The van der Waals surface area contributed by atoms with E-state index in [4.69, 9.17) is 9.47 Å². The van der Waals surface area contributed by atoms with E-state index >= 15 is 0 Å². The van der Waals surface area contributed by atoms with Crippen molar-refractivity contribution in [1.29, 1.82) is 0 Å². The summed E-state index contributed by atoms with van der Waals surface area (Å²) in [5, 5.41) is 11.1. The van der Waals surface area contributed by atoms with Gasteiger partial charge in [-0.05, 0) is 62.1 Å². The van der Waals surface area contributed by atoms with Gasteiger partial charge < -0.3 is 19.5 Å². The normalized spacial score (nSPS) is 27.0. The molecule has 43 heavy (non-hydrogen) atoms. The summed E-state index contributed by atoms with van der Waals surface area (Å²) >= 11 is 0. The van der Waals surface area contributed by atoms with Crippen molar-refractivity contribution in [2.45, 2.75) is 25.7 Å². The van der Waals surface area contributed by atoms with Crippen LogP contribution in [0.4, 0.5) is 11.4 Å². The molecule has 0 spiro atoms. The number of Topliss-reactive ketones (excluding diaryl/α,β-unsaturated/α-hetero) is 1. The van der Waals surface area contributed by atoms with Crippen molar-refractivity contribution < 1.29 is 33.8 Å². The number of methoxy groups -OCH3 is 1. The molecule has 9 heteroatoms. The predicted octanol–water partition coefficient (Wildman–Crippen LogP) is 3.87. The zero-order valence-corrected chi connectivity index (χ0v) is 24.0. The van der Waals surface area contributed by atoms with Crippen LogP contribution in [0.2, 0.25) is 0 Å². The number of allylic oxidation sites excluding steroid dienone is 6. The van der Waals surface area contributed by atoms with Gasteiger partial charge in [0.15, 0.2) is 11.6 Å². The molecule has 0 unspecified atom stereocenters. The molecule has 220 valence electrons. The van der Waals surface area contributed by atoms with Crippen molar-refractivity contribution in [2.24, 2.45) is 17.8 Å². The number of fused-ring (bicyclic) bond motifs is 3. The first-order valence-corrected chi connectivity index (χ1v) is 14.7. The maximum absolute atomic E-state index is 14.2. The molecule has 2 aliphatic heterocycles. The highest BCUT2D eigenvalue weighted by Gasteiger charge is 2.56. The van der Waals surface area contributed by atoms with Crippen LogP contribution in [0.25, 0.3) is 0 Å². The standard InChI is InChI=1S/C34H32N2O7/c1-18-15-28(38)31-26(32(18)39)17-25-22(29(31)23-8-7-21(42-2)16-27(23)37)9-10-24-30(25)34(41)36(33(24)40)20-5-3-19(4-6-20)35-11-13-43-14-12-35/h3-9,15-16,24-25,29-30,37H,10-14,17H2,1-2H3/t24-,25+,29+,30-/m0/s1. The number of hydrogen-bond acceptors (Lipinski definition) is 8. The first kappa shape index (κ1) is 27.3. The molecule has 2 fully saturated rings. The fourth-order valence-corrected chi connectivity index (χ4v) is 7.52. The Morgan fingerprint density at radius 1 is 0.930 bits per heavy atom. The van der Waals surface area contributed by atoms with Crippen molar-refractivity contribution in [1.82, 2.24) is 0 Å². The van der Waals surface area contributed by atoms with Crippen LogP contribution in [0.15, 0.2) is 76.9 Å². The molecule has 2 aromatic rings. The fourth-order valence-electron chi connectivity index (χ4n) is 7.52. The van der Waals surface area contributed by atoms with Gasteiger partial charge in [0.05, 0.1) is 37.8 Å². The molecule has 7 rings (SSSR count). The average molecular weight is 581 g/mol. The second kappa shape index (κ2) is 10.3. The van der Waals surface area contributed by atoms with Gasteiger partial charge in [-0.2, -0.15) is 0 Å². The quantitative estimate of drug-likeness (QED) is 0.330. The van der Waals surface area contributed by atoms with Crippen LogP contribution in [-0.4, -0.2) is 61.9 Å². The van der Waals surface area contributed by atoms with Crippen LogP contribution < -0.4 is 14.5 Å². The van der Waals surface area contributed by atoms with Crippen molar-refractivity contribution in [2.75, 3.05) is 43.2 Å². The summed E-state index contributed by atoms with van der Waals surface area (Å²) < 4.78 is 10.7. The van der Waals surface area contributed by atoms with Gasteiger partial charge in [-0.1, -0.05) is 17.7 Å². The Balaban J connectivity index is 1.27. The van der Waals surface area contributed by atoms with Crippen LogP contribution in [0, 0.1) is 17.8 Å². The number of morpholine rings is 1. The third kappa shape index (κ3) is 4.25. The van der Waals surface area contributed by atoms with Crippen LogP contribution >= 0.6 is 0 Å². The predicted molar refractivity (Wildman–Crippen MR) is 158 cm³/mol. The molecule has 2 amide bonds. The zero-order valence-electron chi connectivity index (χ0n) is 24.0. The minimum Gasteiger partial charge on any atom is -0.507 e. The number of anilines is 2. The van der Waals surface area contributed by atoms with Crippen molar-refractivity contribution >= 4 is 34.8 Å². The number of rotatable bonds is 4. The van der Waals surface area contributed by atoms with Gasteiger partial charge >= 0.3 is 0 Å². The summed E-state index contributed by atoms with van der Waals surface area (Å²) in [6, 6.07) is 12.4. The first-order chi connectivity index (χ1) is 20.8. The SMILES string of the molecule is COc1ccc([C@H]2C3=CC[C@@H]4C(=O)N(c5ccc(N6CCOCC6)cc5)C(=O)[C@@H]4[C@@H]3CC3=C2C(=O)C=C(C)C3=O)c(O)c1. The zero-order chi connectivity index (χ0) is 30.0. The summed E-state index contributed by atoms with van der Waals surface area (Å²) in [7, 11) is 1.50. The van der Waals surface area contributed by atoms with Gasteiger partial charge in [0.2, 0.25) is 11.8 Å². The highest BCUT2D eigenvalue weighted by atomic mass is 16.5. The topological polar surface area (TPSA) is 113 Å². The number of phenolic OH excluding ortho intramolecular Hbond substituents is 1. The number of ether oxygens (including phenoxy) is 2. The maximum Gasteiger partial charge on any atom is 0.238 e. The van der Waals surface area contributed by atoms with Gasteiger partial charge in [0.25, 0.3) is 0 Å². The van der Waals surface area contributed by atoms with E-state index in [0.29, 0.717) is 53.4 Å². The minimum atomic E-state index is -0.717. The van der Waals surface area contributed by atoms with E-state index in [1.807, 2.05) is 30.3 Å². The smallest absolute Gasteiger partial charge is 0.238 e. The lowest BCUT2D eigenvalue weighted by Crippen LogP contribution is -2.39. The molecule has 4 atom stereocenters. The molecule has 0 radical (unpaired) electrons. The minimum absolute atomic E-state index is 0.0674. The van der Waals surface area contributed by atoms with Crippen LogP contribution in [0.5, 0.6) is 11.5 Å². The van der Waals surface area contributed by atoms with Crippen molar-refractivity contribution in [3.63, 3.8) is 0 Å². The number of nitrogens with zero attached hydrogens (tertiary/aromatic N) is 2. The van der Waals surface area contributed by atoms with E-state index in [0.717, 1.165) is 24.4 Å². The molecule has 9 nitrogen and oxygen atoms in total. The van der Waals surface area contributed by atoms with Crippen molar-refractivity contribution in [3.8, 4) is 11.5 Å². The highest BCUT2D eigenvalue weighted by molar-refractivity contribution is 6.25. The molecular formula is C34H32N2O7. The molecule has 2 aromatic carbocycles. The Labute approximate surface area is 249 Å². The Kier molecular flexibility index (Phi) is 6.58. The van der Waals surface area contributed by atoms with E-state index in [9.17, 15) is 24.3 Å². The van der Waals surface area contributed by atoms with Gasteiger partial charge in [-0.3, -0.25) is 24.1 Å². The molecule has 3 aliphatic carbocycles. The monoisotopic (exact) mass is 580 g/mol. The number of carbonyl (C=O) groups is 4. The van der Waals surface area contributed by atoms with Crippen LogP contribution in [0.3, 0.4) is 0 Å². The number of imide groups is 1. The number of amides is 2. The maximum atomic E-state index is 14.2. The number of ketones is 2. The molecule has 2 heterocycles. The average Bonchev–Trinajstić information content (AvgIpc) is 3.28. The second-order valence-corrected chi connectivity index (χ2v) is 11.8. The Hall–Kier alpha value is -4.50. The molecular weight excluding hydrogens is 548 g/mol. The summed E-state index contributed by atoms with van der Waals surface area (Å²) in [6.07, 6.45) is 3.82. The van der Waals surface area contributed by atoms with Crippen LogP contribution in [0.1, 0.15) is 31.2 Å². The Morgan fingerprint density at radius 3 is 2.35 bits per heavy atom. The second-order valence-electron chi connectivity index (χ2n) is 11.8. The lowest BCUT2D eigenvalue weighted by atomic mass is 9.59. The highest BCUT2D eigenvalue weighted by Crippen LogP contribution is 2.56. The number of aromatic hydroxyl groups is 1. The first-order valence-electron chi connectivity index (χ1n) is 14.7. The third-order valence-corrected chi connectivity index (χ3v) is 9.59. The van der Waals surface area contributed by atoms with E-state index in [1.165, 1.54) is 24.2 Å². The number of hydrogen-bond donors (Lipinski definition) is 1. The molecule has 0 saturated carbocycles. The van der Waals surface area contributed by atoms with E-state index in [2.05, 4.69) is 4.90 Å². The number of benzene rings is 2. The molecule has 0 bridgehead atoms. The summed E-state index contributed by atoms with van der Waals surface area (Å²) in [4.78, 5) is 58.4. The molecule has 5 aliphatic rings. The van der Waals surface area contributed by atoms with E-state index in [1.54, 1.807) is 19.1 Å². The van der Waals surface area contributed by atoms with Gasteiger partial charge in [0, 0.05) is 53.0 Å². The largest absolute Gasteiger partial charge is 0.507 e. The molecule has 1 N–H and O–H groups in total. The number of carbonyl (C=O) groups excluding carboxylic acids is 4. The van der Waals surface area contributed by atoms with Crippen LogP contribution in [-0.2, 0) is 23.9 Å². The van der Waals surface area contributed by atoms with Gasteiger partial charge in [-0.15, -0.1) is 0 Å². The fraction of sp³-hybridized carbons (Fsp3) is 0.353. The molecule has 0 aromatic heterocycles. The summed E-state index contributed by atoms with van der Waals surface area (Å²) in [5.74, 6) is -3.12. The van der Waals surface area contributed by atoms with Gasteiger partial charge in [-0.25, -0.2) is 0 Å². The Bertz CT molecular complexity index is 1660. The Morgan fingerprint density at radius 2 is 1.65 bits per heavy atom. The summed E-state index contributed by atoms with van der Waals surface area (Å²) in [6.45, 7) is 4.48. The third-order valence-electron chi connectivity index (χ3n) is 9.59. The lowest BCUT2D eigenvalue weighted by Gasteiger charge is -2.42. The lowest BCUT2D eigenvalue weighted by molar-refractivity contribution is -0.123. The van der Waals surface area contributed by atoms with Gasteiger partial charge in [0.1, 0.15) is 11.5 Å². The number of phenols is 1.